The lowest BCUT2D eigenvalue weighted by molar-refractivity contribution is -0.142. The Morgan fingerprint density at radius 3 is 2.48 bits per heavy atom. The number of aliphatic carboxylic acids is 1. The Bertz CT molecular complexity index is 814. The molecule has 4 N–H and O–H groups in total. The molecule has 2 aliphatic carbocycles. The van der Waals surface area contributed by atoms with Crippen LogP contribution in [0.1, 0.15) is 93.1 Å². The van der Waals surface area contributed by atoms with E-state index in [-0.39, 0.29) is 23.5 Å². The number of ether oxygens (including phenoxy) is 1. The van der Waals surface area contributed by atoms with Crippen LogP contribution >= 0.6 is 0 Å². The summed E-state index contributed by atoms with van der Waals surface area (Å²) >= 11 is 0. The van der Waals surface area contributed by atoms with Gasteiger partial charge in [0.25, 0.3) is 0 Å². The molecule has 1 amide bonds. The summed E-state index contributed by atoms with van der Waals surface area (Å²) in [5.74, 6) is -0.852. The highest BCUT2D eigenvalue weighted by atomic mass is 16.5. The minimum absolute atomic E-state index is 0.0153. The van der Waals surface area contributed by atoms with E-state index < -0.39 is 11.9 Å². The Labute approximate surface area is 198 Å². The molecule has 3 atom stereocenters. The fourth-order valence-electron chi connectivity index (χ4n) is 6.43. The zero-order valence-electron chi connectivity index (χ0n) is 20.6. The minimum Gasteiger partial charge on any atom is -0.481 e. The molecule has 6 heteroatoms. The van der Waals surface area contributed by atoms with E-state index in [9.17, 15) is 14.7 Å². The molecular formula is C27H42N2O4. The molecule has 3 rings (SSSR count). The Morgan fingerprint density at radius 2 is 1.91 bits per heavy atom. The smallest absolute Gasteiger partial charge is 0.306 e. The molecular weight excluding hydrogens is 416 g/mol. The van der Waals surface area contributed by atoms with Gasteiger partial charge in [-0.15, -0.1) is 0 Å². The highest BCUT2D eigenvalue weighted by Crippen LogP contribution is 2.44. The van der Waals surface area contributed by atoms with Gasteiger partial charge in [0.05, 0.1) is 12.0 Å². The Kier molecular flexibility index (Phi) is 8.94. The van der Waals surface area contributed by atoms with Crippen LogP contribution in [0.2, 0.25) is 0 Å². The van der Waals surface area contributed by atoms with Crippen LogP contribution in [0.3, 0.4) is 0 Å². The summed E-state index contributed by atoms with van der Waals surface area (Å²) in [5.41, 5.74) is 8.29. The summed E-state index contributed by atoms with van der Waals surface area (Å²) < 4.78 is 5.95. The number of carbonyl (C=O) groups is 2. The summed E-state index contributed by atoms with van der Waals surface area (Å²) in [6, 6.07) is 5.83. The monoisotopic (exact) mass is 458 g/mol. The quantitative estimate of drug-likeness (QED) is 0.455. The fraction of sp³-hybridized carbons (Fsp3) is 0.704. The highest BCUT2D eigenvalue weighted by Gasteiger charge is 2.46. The number of carboxylic acids is 1. The molecule has 2 aliphatic rings. The van der Waals surface area contributed by atoms with Crippen LogP contribution in [0.15, 0.2) is 18.2 Å². The predicted molar refractivity (Wildman–Crippen MR) is 130 cm³/mol. The fourth-order valence-corrected chi connectivity index (χ4v) is 6.43. The molecule has 1 aromatic carbocycles. The SMILES string of the molecule is CCC1(CC)c2cc(C(N)=O)ccc2CC(OC)[C@H]1NCC[C@@H](CC1CCCCC1)C(=O)O. The Hall–Kier alpha value is -1.92. The summed E-state index contributed by atoms with van der Waals surface area (Å²) in [7, 11) is 1.75. The summed E-state index contributed by atoms with van der Waals surface area (Å²) in [4.78, 5) is 23.9. The molecule has 6 nitrogen and oxygen atoms in total. The molecule has 1 aromatic rings. The summed E-state index contributed by atoms with van der Waals surface area (Å²) in [6.45, 7) is 5.00. The first kappa shape index (κ1) is 25.7. The van der Waals surface area contributed by atoms with Gasteiger partial charge in [-0.3, -0.25) is 9.59 Å². The van der Waals surface area contributed by atoms with Crippen molar-refractivity contribution in [2.75, 3.05) is 13.7 Å². The van der Waals surface area contributed by atoms with Crippen molar-refractivity contribution in [1.29, 1.82) is 0 Å². The predicted octanol–water partition coefficient (Wildman–Crippen LogP) is 4.43. The van der Waals surface area contributed by atoms with E-state index in [0.29, 0.717) is 24.4 Å². The maximum absolute atomic E-state index is 12.0. The number of amides is 1. The molecule has 0 radical (unpaired) electrons. The first-order valence-corrected chi connectivity index (χ1v) is 12.8. The number of primary amides is 1. The van der Waals surface area contributed by atoms with Crippen molar-refractivity contribution >= 4 is 11.9 Å². The van der Waals surface area contributed by atoms with Crippen LogP contribution in [0, 0.1) is 11.8 Å². The van der Waals surface area contributed by atoms with Crippen LogP contribution in [-0.2, 0) is 21.4 Å². The van der Waals surface area contributed by atoms with Crippen molar-refractivity contribution in [2.45, 2.75) is 95.6 Å². The van der Waals surface area contributed by atoms with Crippen molar-refractivity contribution in [2.24, 2.45) is 17.6 Å². The molecule has 184 valence electrons. The second-order valence-electron chi connectivity index (χ2n) is 10.1. The van der Waals surface area contributed by atoms with Gasteiger partial charge < -0.3 is 20.9 Å². The van der Waals surface area contributed by atoms with Crippen molar-refractivity contribution in [3.05, 3.63) is 34.9 Å². The van der Waals surface area contributed by atoms with Crippen molar-refractivity contribution < 1.29 is 19.4 Å². The Balaban J connectivity index is 1.78. The zero-order valence-corrected chi connectivity index (χ0v) is 20.6. The van der Waals surface area contributed by atoms with Gasteiger partial charge in [-0.05, 0) is 61.4 Å². The number of hydrogen-bond acceptors (Lipinski definition) is 4. The topological polar surface area (TPSA) is 102 Å². The number of benzene rings is 1. The van der Waals surface area contributed by atoms with Gasteiger partial charge in [-0.1, -0.05) is 52.0 Å². The molecule has 33 heavy (non-hydrogen) atoms. The third-order valence-electron chi connectivity index (χ3n) is 8.43. The van der Waals surface area contributed by atoms with Crippen molar-refractivity contribution in [3.8, 4) is 0 Å². The number of carboxylic acid groups (broad SMARTS) is 1. The lowest BCUT2D eigenvalue weighted by Gasteiger charge is -2.49. The summed E-state index contributed by atoms with van der Waals surface area (Å²) in [5, 5.41) is 13.6. The van der Waals surface area contributed by atoms with Crippen LogP contribution in [0.5, 0.6) is 0 Å². The molecule has 1 saturated carbocycles. The highest BCUT2D eigenvalue weighted by molar-refractivity contribution is 5.93. The van der Waals surface area contributed by atoms with E-state index >= 15 is 0 Å². The largest absolute Gasteiger partial charge is 0.481 e. The van der Waals surface area contributed by atoms with Crippen molar-refractivity contribution in [3.63, 3.8) is 0 Å². The van der Waals surface area contributed by atoms with Gasteiger partial charge in [-0.25, -0.2) is 0 Å². The average molecular weight is 459 g/mol. The number of hydrogen-bond donors (Lipinski definition) is 3. The third-order valence-corrected chi connectivity index (χ3v) is 8.43. The standard InChI is InChI=1S/C27H42N2O4/c1-4-27(5-2)22-16-20(25(28)30)12-11-19(22)17-23(33-3)24(27)29-14-13-21(26(31)32)15-18-9-7-6-8-10-18/h11-12,16,18,21,23-24,29H,4-10,13-15,17H2,1-3H3,(H2,28,30)(H,31,32)/t21-,23?,24+/m0/s1. The molecule has 0 aliphatic heterocycles. The minimum atomic E-state index is -0.678. The average Bonchev–Trinajstić information content (AvgIpc) is 2.83. The molecule has 0 spiro atoms. The third kappa shape index (κ3) is 5.60. The van der Waals surface area contributed by atoms with Crippen LogP contribution in [-0.4, -0.2) is 42.8 Å². The maximum Gasteiger partial charge on any atom is 0.306 e. The molecule has 0 saturated heterocycles. The number of carbonyl (C=O) groups excluding carboxylic acids is 1. The Morgan fingerprint density at radius 1 is 1.21 bits per heavy atom. The van der Waals surface area contributed by atoms with Gasteiger partial charge in [0.2, 0.25) is 5.91 Å². The van der Waals surface area contributed by atoms with Crippen LogP contribution < -0.4 is 11.1 Å². The zero-order chi connectivity index (χ0) is 24.0. The molecule has 1 unspecified atom stereocenters. The molecule has 0 aromatic heterocycles. The number of fused-ring (bicyclic) bond motifs is 1. The van der Waals surface area contributed by atoms with Gasteiger partial charge >= 0.3 is 5.97 Å². The van der Waals surface area contributed by atoms with E-state index in [1.807, 2.05) is 12.1 Å². The van der Waals surface area contributed by atoms with E-state index in [1.54, 1.807) is 13.2 Å². The lowest BCUT2D eigenvalue weighted by atomic mass is 9.62. The van der Waals surface area contributed by atoms with E-state index in [1.165, 1.54) is 43.2 Å². The lowest BCUT2D eigenvalue weighted by Crippen LogP contribution is -2.59. The molecule has 1 fully saturated rings. The van der Waals surface area contributed by atoms with Gasteiger partial charge in [-0.2, -0.15) is 0 Å². The second kappa shape index (κ2) is 11.5. The molecule has 0 heterocycles. The number of rotatable bonds is 11. The number of nitrogens with one attached hydrogen (secondary N) is 1. The van der Waals surface area contributed by atoms with Crippen molar-refractivity contribution in [1.82, 2.24) is 5.32 Å². The van der Waals surface area contributed by atoms with Gasteiger partial charge in [0, 0.05) is 30.6 Å². The van der Waals surface area contributed by atoms with Crippen LogP contribution in [0.4, 0.5) is 0 Å². The number of nitrogens with two attached hydrogens (primary N) is 1. The van der Waals surface area contributed by atoms with E-state index in [0.717, 1.165) is 25.7 Å². The van der Waals surface area contributed by atoms with E-state index in [2.05, 4.69) is 19.2 Å². The van der Waals surface area contributed by atoms with Gasteiger partial charge in [0.1, 0.15) is 0 Å². The number of methoxy groups -OCH3 is 1. The maximum atomic E-state index is 12.0. The van der Waals surface area contributed by atoms with E-state index in [4.69, 9.17) is 10.5 Å². The molecule has 0 bridgehead atoms. The first-order chi connectivity index (χ1) is 15.9. The first-order valence-electron chi connectivity index (χ1n) is 12.8. The summed E-state index contributed by atoms with van der Waals surface area (Å²) in [6.07, 6.45) is 10.0. The normalized spacial score (nSPS) is 23.6. The van der Waals surface area contributed by atoms with Crippen LogP contribution in [0.25, 0.3) is 0 Å². The second-order valence-corrected chi connectivity index (χ2v) is 10.1. The van der Waals surface area contributed by atoms with Gasteiger partial charge in [0.15, 0.2) is 0 Å².